The summed E-state index contributed by atoms with van der Waals surface area (Å²) in [4.78, 5) is 49.5. The second-order valence-corrected chi connectivity index (χ2v) is 16.5. The summed E-state index contributed by atoms with van der Waals surface area (Å²) >= 11 is 0. The van der Waals surface area contributed by atoms with Crippen molar-refractivity contribution in [3.63, 3.8) is 0 Å². The molecule has 0 radical (unpaired) electrons. The Hall–Kier alpha value is -7.32. The van der Waals surface area contributed by atoms with Gasteiger partial charge in [-0.05, 0) is 73.2 Å². The van der Waals surface area contributed by atoms with Crippen LogP contribution in [0.25, 0.3) is 12.2 Å². The average molecular weight is 961 g/mol. The first-order valence-electron chi connectivity index (χ1n) is 25.2. The Morgan fingerprint density at radius 1 is 0.394 bits per heavy atom. The van der Waals surface area contributed by atoms with Gasteiger partial charge in [0, 0.05) is 12.2 Å². The van der Waals surface area contributed by atoms with Gasteiger partial charge in [-0.25, -0.2) is 9.59 Å². The van der Waals surface area contributed by atoms with E-state index >= 15 is 0 Å². The maximum absolute atomic E-state index is 12.5. The maximum atomic E-state index is 12.5. The zero-order chi connectivity index (χ0) is 51.3. The SMILES string of the molecule is CCCCCCCCCC=CC=CC=CC=CC=CC=CC(=O)Oc1ccc(C=CC(=O)CC(=O)C=Cc2ccc(OC(=O)C=CC=CC=CC=CC=CC=CCCCCCCCCC)c(O)c2)cc1O. The number of carbonyl (C=O) groups excluding carboxylic acids is 4. The van der Waals surface area contributed by atoms with Crippen LogP contribution in [-0.2, 0) is 19.2 Å². The van der Waals surface area contributed by atoms with Gasteiger partial charge in [-0.15, -0.1) is 0 Å². The number of hydrogen-bond donors (Lipinski definition) is 2. The van der Waals surface area contributed by atoms with E-state index in [0.29, 0.717) is 11.1 Å². The van der Waals surface area contributed by atoms with Gasteiger partial charge in [0.15, 0.2) is 34.6 Å². The lowest BCUT2D eigenvalue weighted by atomic mass is 10.1. The molecular weight excluding hydrogens is 885 g/mol. The molecule has 0 amide bonds. The van der Waals surface area contributed by atoms with E-state index in [0.717, 1.165) is 12.8 Å². The molecule has 0 aromatic heterocycles. The van der Waals surface area contributed by atoms with Crippen molar-refractivity contribution in [3.8, 4) is 23.0 Å². The van der Waals surface area contributed by atoms with Gasteiger partial charge >= 0.3 is 11.9 Å². The molecule has 2 aromatic rings. The van der Waals surface area contributed by atoms with E-state index in [1.165, 1.54) is 163 Å². The molecule has 0 bridgehead atoms. The first-order chi connectivity index (χ1) is 34.7. The second-order valence-electron chi connectivity index (χ2n) is 16.5. The molecule has 0 spiro atoms. The van der Waals surface area contributed by atoms with E-state index in [1.807, 2.05) is 72.9 Å². The summed E-state index contributed by atoms with van der Waals surface area (Å²) in [5.74, 6) is -3.03. The predicted molar refractivity (Wildman–Crippen MR) is 295 cm³/mol. The number of allylic oxidation sites excluding steroid dienone is 24. The number of aromatic hydroxyl groups is 2. The smallest absolute Gasteiger partial charge is 0.336 e. The summed E-state index contributed by atoms with van der Waals surface area (Å²) in [7, 11) is 0. The lowest BCUT2D eigenvalue weighted by Crippen LogP contribution is -2.04. The quantitative estimate of drug-likeness (QED) is 0.0173. The molecule has 2 N–H and O–H groups in total. The molecule has 0 atom stereocenters. The molecule has 0 fully saturated rings. The Morgan fingerprint density at radius 2 is 0.704 bits per heavy atom. The van der Waals surface area contributed by atoms with Crippen molar-refractivity contribution >= 4 is 35.7 Å². The van der Waals surface area contributed by atoms with Crippen LogP contribution in [0.4, 0.5) is 0 Å². The summed E-state index contributed by atoms with van der Waals surface area (Å²) < 4.78 is 10.4. The third-order valence-electron chi connectivity index (χ3n) is 10.3. The fourth-order valence-corrected chi connectivity index (χ4v) is 6.48. The van der Waals surface area contributed by atoms with Crippen LogP contribution in [0.1, 0.15) is 134 Å². The predicted octanol–water partition coefficient (Wildman–Crippen LogP) is 16.1. The first-order valence-corrected chi connectivity index (χ1v) is 25.2. The van der Waals surface area contributed by atoms with Crippen molar-refractivity contribution in [1.82, 2.24) is 0 Å². The Balaban J connectivity index is 1.68. The van der Waals surface area contributed by atoms with Crippen molar-refractivity contribution in [1.29, 1.82) is 0 Å². The summed E-state index contributed by atoms with van der Waals surface area (Å²) in [6.45, 7) is 4.48. The van der Waals surface area contributed by atoms with E-state index < -0.39 is 29.9 Å². The number of esters is 2. The normalized spacial score (nSPS) is 12.9. The fourth-order valence-electron chi connectivity index (χ4n) is 6.48. The van der Waals surface area contributed by atoms with E-state index in [2.05, 4.69) is 38.2 Å². The van der Waals surface area contributed by atoms with Crippen LogP contribution in [-0.4, -0.2) is 33.7 Å². The molecule has 2 aromatic carbocycles. The van der Waals surface area contributed by atoms with Crippen LogP contribution < -0.4 is 9.47 Å². The topological polar surface area (TPSA) is 127 Å². The zero-order valence-corrected chi connectivity index (χ0v) is 42.0. The number of ketones is 2. The lowest BCUT2D eigenvalue weighted by molar-refractivity contribution is -0.130. The van der Waals surface area contributed by atoms with Crippen LogP contribution in [0.15, 0.2) is 194 Å². The number of unbranched alkanes of at least 4 members (excludes halogenated alkanes) is 14. The van der Waals surface area contributed by atoms with Gasteiger partial charge in [0.25, 0.3) is 0 Å². The Morgan fingerprint density at radius 3 is 1.04 bits per heavy atom. The Bertz CT molecular complexity index is 2150. The number of benzene rings is 2. The Kier molecular flexibility index (Phi) is 35.1. The highest BCUT2D eigenvalue weighted by molar-refractivity contribution is 6.11. The highest BCUT2D eigenvalue weighted by atomic mass is 16.5. The van der Waals surface area contributed by atoms with E-state index in [4.69, 9.17) is 9.47 Å². The maximum Gasteiger partial charge on any atom is 0.336 e. The van der Waals surface area contributed by atoms with Gasteiger partial charge in [0.1, 0.15) is 0 Å². The van der Waals surface area contributed by atoms with Crippen LogP contribution in [0.5, 0.6) is 23.0 Å². The fraction of sp³-hybridized carbons (Fsp3) is 0.302. The Labute approximate surface area is 424 Å². The molecule has 0 aliphatic carbocycles. The van der Waals surface area contributed by atoms with E-state index in [-0.39, 0.29) is 23.0 Å². The minimum Gasteiger partial charge on any atom is -0.504 e. The van der Waals surface area contributed by atoms with Gasteiger partial charge in [0.2, 0.25) is 0 Å². The average Bonchev–Trinajstić information content (AvgIpc) is 3.35. The van der Waals surface area contributed by atoms with E-state index in [1.54, 1.807) is 36.4 Å². The highest BCUT2D eigenvalue weighted by Crippen LogP contribution is 2.29. The van der Waals surface area contributed by atoms with Gasteiger partial charge in [-0.1, -0.05) is 249 Å². The van der Waals surface area contributed by atoms with Gasteiger partial charge in [0.05, 0.1) is 6.42 Å². The summed E-state index contributed by atoms with van der Waals surface area (Å²) in [5, 5.41) is 20.8. The van der Waals surface area contributed by atoms with Crippen molar-refractivity contribution < 1.29 is 38.9 Å². The van der Waals surface area contributed by atoms with Crippen molar-refractivity contribution in [2.45, 2.75) is 123 Å². The molecule has 0 aliphatic heterocycles. The minimum absolute atomic E-state index is 0.0520. The van der Waals surface area contributed by atoms with Crippen LogP contribution >= 0.6 is 0 Å². The number of carbonyl (C=O) groups is 4. The molecule has 0 unspecified atom stereocenters. The number of ether oxygens (including phenoxy) is 2. The molecule has 0 heterocycles. The zero-order valence-electron chi connectivity index (χ0n) is 42.0. The molecule has 8 heteroatoms. The first kappa shape index (κ1) is 59.8. The van der Waals surface area contributed by atoms with Crippen molar-refractivity contribution in [2.75, 3.05) is 0 Å². The molecule has 0 saturated heterocycles. The molecule has 71 heavy (non-hydrogen) atoms. The highest BCUT2D eigenvalue weighted by Gasteiger charge is 2.09. The number of hydrogen-bond acceptors (Lipinski definition) is 8. The molecule has 376 valence electrons. The van der Waals surface area contributed by atoms with Gasteiger partial charge in [-0.2, -0.15) is 0 Å². The number of rotatable bonds is 36. The van der Waals surface area contributed by atoms with Gasteiger partial charge in [-0.3, -0.25) is 9.59 Å². The second kappa shape index (κ2) is 41.6. The lowest BCUT2D eigenvalue weighted by Gasteiger charge is -2.05. The van der Waals surface area contributed by atoms with Crippen molar-refractivity contribution in [3.05, 3.63) is 206 Å². The number of phenolic OH excluding ortho intramolecular Hbond substituents is 2. The standard InChI is InChI=1S/C63H76O8/c1-3-5-7-9-11-13-15-17-19-21-23-25-27-29-31-33-35-37-39-41-62(68)70-60-49-45-54(51-58(60)66)43-47-56(64)53-57(65)48-44-55-46-50-61(59(67)52-55)71-63(69)42-40-38-36-34-32-30-28-26-24-22-20-18-16-14-12-10-8-6-4-2/h19-52,66-67H,3-18,53H2,1-2H3. The molecule has 0 aliphatic rings. The minimum atomic E-state index is -0.681. The van der Waals surface area contributed by atoms with Gasteiger partial charge < -0.3 is 19.7 Å². The van der Waals surface area contributed by atoms with Crippen LogP contribution in [0.2, 0.25) is 0 Å². The third kappa shape index (κ3) is 33.8. The summed E-state index contributed by atoms with van der Waals surface area (Å²) in [6, 6.07) is 8.56. The molecule has 0 saturated carbocycles. The van der Waals surface area contributed by atoms with E-state index in [9.17, 15) is 29.4 Å². The van der Waals surface area contributed by atoms with Crippen molar-refractivity contribution in [2.24, 2.45) is 0 Å². The molecule has 8 nitrogen and oxygen atoms in total. The monoisotopic (exact) mass is 961 g/mol. The van der Waals surface area contributed by atoms with Crippen LogP contribution in [0.3, 0.4) is 0 Å². The third-order valence-corrected chi connectivity index (χ3v) is 10.3. The number of phenols is 2. The molecule has 2 rings (SSSR count). The largest absolute Gasteiger partial charge is 0.504 e. The molecular formula is C63H76O8. The summed E-state index contributed by atoms with van der Waals surface area (Å²) in [5.41, 5.74) is 0.896. The van der Waals surface area contributed by atoms with Crippen LogP contribution in [0, 0.1) is 0 Å². The summed E-state index contributed by atoms with van der Waals surface area (Å²) in [6.07, 6.45) is 69.6.